The first kappa shape index (κ1) is 9.97. The monoisotopic (exact) mass is 200 g/mol. The fourth-order valence-electron chi connectivity index (χ4n) is 1.52. The van der Waals surface area contributed by atoms with Gasteiger partial charge in [0.25, 0.3) is 0 Å². The number of nitrogens with zero attached hydrogens (tertiary/aromatic N) is 2. The lowest BCUT2D eigenvalue weighted by Gasteiger charge is -2.03. The molecule has 0 saturated carbocycles. The summed E-state index contributed by atoms with van der Waals surface area (Å²) in [6, 6.07) is 8.95. The SMILES string of the molecule is Cc1ccc(-c2cnn(C(C)C)c2)cc1. The first-order valence-corrected chi connectivity index (χ1v) is 5.28. The lowest BCUT2D eigenvalue weighted by Crippen LogP contribution is -1.99. The molecule has 0 N–H and O–H groups in total. The van der Waals surface area contributed by atoms with E-state index in [2.05, 4.69) is 56.3 Å². The fourth-order valence-corrected chi connectivity index (χ4v) is 1.52. The lowest BCUT2D eigenvalue weighted by molar-refractivity contribution is 0.532. The second-order valence-electron chi connectivity index (χ2n) is 4.17. The van der Waals surface area contributed by atoms with E-state index in [1.54, 1.807) is 0 Å². The topological polar surface area (TPSA) is 17.8 Å². The van der Waals surface area contributed by atoms with Crippen LogP contribution in [-0.2, 0) is 0 Å². The Morgan fingerprint density at radius 2 is 1.73 bits per heavy atom. The molecule has 0 spiro atoms. The van der Waals surface area contributed by atoms with Crippen molar-refractivity contribution in [3.8, 4) is 11.1 Å². The van der Waals surface area contributed by atoms with Gasteiger partial charge in [-0.05, 0) is 26.3 Å². The van der Waals surface area contributed by atoms with E-state index in [0.717, 1.165) is 0 Å². The number of aromatic nitrogens is 2. The first-order valence-electron chi connectivity index (χ1n) is 5.28. The van der Waals surface area contributed by atoms with E-state index in [1.807, 2.05) is 10.9 Å². The van der Waals surface area contributed by atoms with E-state index >= 15 is 0 Å². The molecule has 1 heterocycles. The zero-order chi connectivity index (χ0) is 10.8. The quantitative estimate of drug-likeness (QED) is 0.726. The van der Waals surface area contributed by atoms with Crippen LogP contribution in [0.4, 0.5) is 0 Å². The minimum Gasteiger partial charge on any atom is -0.270 e. The molecule has 0 aliphatic heterocycles. The highest BCUT2D eigenvalue weighted by atomic mass is 15.3. The third kappa shape index (κ3) is 2.09. The van der Waals surface area contributed by atoms with Gasteiger partial charge in [-0.3, -0.25) is 4.68 Å². The third-order valence-electron chi connectivity index (χ3n) is 2.52. The Morgan fingerprint density at radius 1 is 1.07 bits per heavy atom. The Kier molecular flexibility index (Phi) is 2.58. The molecular weight excluding hydrogens is 184 g/mol. The van der Waals surface area contributed by atoms with Gasteiger partial charge in [0.15, 0.2) is 0 Å². The number of rotatable bonds is 2. The molecule has 0 fully saturated rings. The smallest absolute Gasteiger partial charge is 0.0568 e. The van der Waals surface area contributed by atoms with E-state index in [1.165, 1.54) is 16.7 Å². The maximum absolute atomic E-state index is 4.33. The van der Waals surface area contributed by atoms with E-state index < -0.39 is 0 Å². The molecule has 0 amide bonds. The number of benzene rings is 1. The van der Waals surface area contributed by atoms with E-state index in [-0.39, 0.29) is 0 Å². The molecule has 0 unspecified atom stereocenters. The fraction of sp³-hybridized carbons (Fsp3) is 0.308. The van der Waals surface area contributed by atoms with Gasteiger partial charge >= 0.3 is 0 Å². The molecule has 0 bridgehead atoms. The molecule has 15 heavy (non-hydrogen) atoms. The summed E-state index contributed by atoms with van der Waals surface area (Å²) >= 11 is 0. The van der Waals surface area contributed by atoms with Crippen LogP contribution in [0.15, 0.2) is 36.7 Å². The van der Waals surface area contributed by atoms with E-state index in [0.29, 0.717) is 6.04 Å². The van der Waals surface area contributed by atoms with Crippen LogP contribution >= 0.6 is 0 Å². The average molecular weight is 200 g/mol. The summed E-state index contributed by atoms with van der Waals surface area (Å²) in [7, 11) is 0. The van der Waals surface area contributed by atoms with Gasteiger partial charge < -0.3 is 0 Å². The minimum absolute atomic E-state index is 0.421. The predicted octanol–water partition coefficient (Wildman–Crippen LogP) is 3.44. The minimum atomic E-state index is 0.421. The second kappa shape index (κ2) is 3.89. The van der Waals surface area contributed by atoms with Gasteiger partial charge in [-0.25, -0.2) is 0 Å². The van der Waals surface area contributed by atoms with Crippen LogP contribution in [0.2, 0.25) is 0 Å². The highest BCUT2D eigenvalue weighted by Crippen LogP contribution is 2.20. The van der Waals surface area contributed by atoms with Gasteiger partial charge in [0.1, 0.15) is 0 Å². The summed E-state index contributed by atoms with van der Waals surface area (Å²) in [5, 5.41) is 4.33. The van der Waals surface area contributed by atoms with Gasteiger partial charge in [0, 0.05) is 17.8 Å². The Bertz CT molecular complexity index is 438. The zero-order valence-electron chi connectivity index (χ0n) is 9.44. The Balaban J connectivity index is 2.33. The van der Waals surface area contributed by atoms with Crippen LogP contribution in [0.3, 0.4) is 0 Å². The number of hydrogen-bond donors (Lipinski definition) is 0. The summed E-state index contributed by atoms with van der Waals surface area (Å²) in [5.41, 5.74) is 3.70. The maximum Gasteiger partial charge on any atom is 0.0568 e. The van der Waals surface area contributed by atoms with E-state index in [4.69, 9.17) is 0 Å². The molecule has 1 aromatic carbocycles. The molecule has 2 heteroatoms. The van der Waals surface area contributed by atoms with Crippen LogP contribution in [0.25, 0.3) is 11.1 Å². The number of aryl methyl sites for hydroxylation is 1. The number of hydrogen-bond acceptors (Lipinski definition) is 1. The summed E-state index contributed by atoms with van der Waals surface area (Å²) in [6.45, 7) is 6.36. The molecule has 2 aromatic rings. The summed E-state index contributed by atoms with van der Waals surface area (Å²) < 4.78 is 1.98. The van der Waals surface area contributed by atoms with Crippen LogP contribution in [0.1, 0.15) is 25.5 Å². The standard InChI is InChI=1S/C13H16N2/c1-10(2)15-9-13(8-14-15)12-6-4-11(3)5-7-12/h4-10H,1-3H3. The van der Waals surface area contributed by atoms with Gasteiger partial charge in [0.2, 0.25) is 0 Å². The second-order valence-corrected chi connectivity index (χ2v) is 4.17. The summed E-state index contributed by atoms with van der Waals surface area (Å²) in [4.78, 5) is 0. The normalized spacial score (nSPS) is 10.9. The van der Waals surface area contributed by atoms with Gasteiger partial charge in [-0.1, -0.05) is 29.8 Å². The Hall–Kier alpha value is -1.57. The van der Waals surface area contributed by atoms with Crippen molar-refractivity contribution in [1.82, 2.24) is 9.78 Å². The van der Waals surface area contributed by atoms with Crippen molar-refractivity contribution >= 4 is 0 Å². The molecule has 2 rings (SSSR count). The maximum atomic E-state index is 4.33. The highest BCUT2D eigenvalue weighted by molar-refractivity contribution is 5.61. The first-order chi connectivity index (χ1) is 7.16. The predicted molar refractivity (Wildman–Crippen MR) is 62.8 cm³/mol. The molecule has 0 aliphatic rings. The molecule has 2 nitrogen and oxygen atoms in total. The molecule has 0 aliphatic carbocycles. The van der Waals surface area contributed by atoms with Crippen molar-refractivity contribution < 1.29 is 0 Å². The molecular formula is C13H16N2. The molecule has 0 saturated heterocycles. The van der Waals surface area contributed by atoms with Crippen molar-refractivity contribution in [2.75, 3.05) is 0 Å². The van der Waals surface area contributed by atoms with Crippen molar-refractivity contribution in [1.29, 1.82) is 0 Å². The van der Waals surface area contributed by atoms with Crippen molar-refractivity contribution in [3.63, 3.8) is 0 Å². The molecule has 0 radical (unpaired) electrons. The summed E-state index contributed by atoms with van der Waals surface area (Å²) in [5.74, 6) is 0. The average Bonchev–Trinajstić information content (AvgIpc) is 2.68. The van der Waals surface area contributed by atoms with Gasteiger partial charge in [0.05, 0.1) is 6.20 Å². The van der Waals surface area contributed by atoms with Crippen LogP contribution in [0.5, 0.6) is 0 Å². The summed E-state index contributed by atoms with van der Waals surface area (Å²) in [6.07, 6.45) is 4.01. The van der Waals surface area contributed by atoms with Gasteiger partial charge in [-0.15, -0.1) is 0 Å². The van der Waals surface area contributed by atoms with Crippen LogP contribution < -0.4 is 0 Å². The zero-order valence-corrected chi connectivity index (χ0v) is 9.44. The lowest BCUT2D eigenvalue weighted by atomic mass is 10.1. The Morgan fingerprint density at radius 3 is 2.27 bits per heavy atom. The molecule has 1 aromatic heterocycles. The van der Waals surface area contributed by atoms with Crippen molar-refractivity contribution in [2.24, 2.45) is 0 Å². The highest BCUT2D eigenvalue weighted by Gasteiger charge is 2.03. The largest absolute Gasteiger partial charge is 0.270 e. The van der Waals surface area contributed by atoms with Crippen LogP contribution in [-0.4, -0.2) is 9.78 Å². The third-order valence-corrected chi connectivity index (χ3v) is 2.52. The van der Waals surface area contributed by atoms with Gasteiger partial charge in [-0.2, -0.15) is 5.10 Å². The molecule has 0 atom stereocenters. The Labute approximate surface area is 90.6 Å². The van der Waals surface area contributed by atoms with Crippen molar-refractivity contribution in [2.45, 2.75) is 26.8 Å². The van der Waals surface area contributed by atoms with Crippen LogP contribution in [0, 0.1) is 6.92 Å². The molecule has 78 valence electrons. The van der Waals surface area contributed by atoms with Crippen molar-refractivity contribution in [3.05, 3.63) is 42.2 Å². The van der Waals surface area contributed by atoms with E-state index in [9.17, 15) is 0 Å².